The Balaban J connectivity index is 1.86. The first-order valence-electron chi connectivity index (χ1n) is 8.22. The average Bonchev–Trinajstić information content (AvgIpc) is 2.63. The molecule has 26 heavy (non-hydrogen) atoms. The summed E-state index contributed by atoms with van der Waals surface area (Å²) in [5, 5.41) is 2.86. The predicted octanol–water partition coefficient (Wildman–Crippen LogP) is 2.53. The van der Waals surface area contributed by atoms with E-state index in [0.29, 0.717) is 31.9 Å². The Hall–Kier alpha value is -1.93. The highest BCUT2D eigenvalue weighted by Crippen LogP contribution is 2.27. The van der Waals surface area contributed by atoms with Crippen LogP contribution < -0.4 is 5.32 Å². The quantitative estimate of drug-likeness (QED) is 0.866. The summed E-state index contributed by atoms with van der Waals surface area (Å²) < 4.78 is 27.3. The number of piperazine rings is 1. The van der Waals surface area contributed by atoms with Crippen LogP contribution in [0.25, 0.3) is 0 Å². The van der Waals surface area contributed by atoms with Crippen LogP contribution in [0.2, 0.25) is 5.02 Å². The number of nitrogens with one attached hydrogen (secondary N) is 1. The molecule has 1 heterocycles. The molecule has 1 amide bonds. The van der Waals surface area contributed by atoms with Gasteiger partial charge in [0.25, 0.3) is 5.91 Å². The molecule has 6 nitrogen and oxygen atoms in total. The Labute approximate surface area is 158 Å². The Bertz CT molecular complexity index is 895. The Morgan fingerprint density at radius 1 is 1.04 bits per heavy atom. The van der Waals surface area contributed by atoms with Gasteiger partial charge in [-0.15, -0.1) is 0 Å². The third-order valence-electron chi connectivity index (χ3n) is 4.31. The van der Waals surface area contributed by atoms with E-state index in [9.17, 15) is 13.2 Å². The number of halogens is 1. The number of carbonyl (C=O) groups is 1. The van der Waals surface area contributed by atoms with Gasteiger partial charge in [0, 0.05) is 37.4 Å². The fourth-order valence-corrected chi connectivity index (χ4v) is 4.66. The summed E-state index contributed by atoms with van der Waals surface area (Å²) in [5.41, 5.74) is 0.877. The van der Waals surface area contributed by atoms with Gasteiger partial charge in [-0.3, -0.25) is 4.79 Å². The number of hydrogen-bond donors (Lipinski definition) is 1. The minimum Gasteiger partial charge on any atom is -0.322 e. The molecule has 0 radical (unpaired) electrons. The number of anilines is 1. The molecule has 2 aromatic carbocycles. The minimum atomic E-state index is -3.75. The third kappa shape index (κ3) is 4.07. The molecule has 0 aromatic heterocycles. The van der Waals surface area contributed by atoms with Gasteiger partial charge in [0.1, 0.15) is 4.90 Å². The number of sulfonamides is 1. The molecule has 0 aliphatic carbocycles. The molecule has 8 heteroatoms. The molecule has 3 rings (SSSR count). The first-order valence-corrected chi connectivity index (χ1v) is 10.0. The maximum atomic E-state index is 12.9. The fraction of sp³-hybridized carbons (Fsp3) is 0.278. The summed E-state index contributed by atoms with van der Waals surface area (Å²) in [5.74, 6) is -0.386. The van der Waals surface area contributed by atoms with Crippen molar-refractivity contribution in [2.24, 2.45) is 0 Å². The standard InChI is InChI=1S/C18H20ClN3O3S/c1-21-9-11-22(12-10-21)26(24,25)17-13-14(7-8-16(17)19)18(23)20-15-5-3-2-4-6-15/h2-8,13H,9-12H2,1H3,(H,20,23). The molecule has 2 aromatic rings. The second-order valence-electron chi connectivity index (χ2n) is 6.17. The van der Waals surface area contributed by atoms with E-state index in [0.717, 1.165) is 0 Å². The highest BCUT2D eigenvalue weighted by Gasteiger charge is 2.30. The van der Waals surface area contributed by atoms with E-state index in [-0.39, 0.29) is 21.4 Å². The maximum Gasteiger partial charge on any atom is 0.255 e. The van der Waals surface area contributed by atoms with Crippen molar-refractivity contribution in [3.05, 3.63) is 59.1 Å². The lowest BCUT2D eigenvalue weighted by Crippen LogP contribution is -2.47. The van der Waals surface area contributed by atoms with Crippen LogP contribution in [0.5, 0.6) is 0 Å². The van der Waals surface area contributed by atoms with Crippen LogP contribution in [-0.4, -0.2) is 56.8 Å². The van der Waals surface area contributed by atoms with Gasteiger partial charge in [0.15, 0.2) is 0 Å². The Morgan fingerprint density at radius 3 is 2.35 bits per heavy atom. The Kier molecular flexibility index (Phi) is 5.62. The van der Waals surface area contributed by atoms with Gasteiger partial charge in [-0.2, -0.15) is 4.31 Å². The molecule has 1 fully saturated rings. The van der Waals surface area contributed by atoms with Crippen LogP contribution in [0.1, 0.15) is 10.4 Å². The molecular weight excluding hydrogens is 374 g/mol. The second kappa shape index (κ2) is 7.75. The molecule has 1 N–H and O–H groups in total. The normalized spacial score (nSPS) is 16.4. The molecule has 0 atom stereocenters. The number of nitrogens with zero attached hydrogens (tertiary/aromatic N) is 2. The van der Waals surface area contributed by atoms with E-state index < -0.39 is 10.0 Å². The van der Waals surface area contributed by atoms with Crippen LogP contribution in [0, 0.1) is 0 Å². The number of carbonyl (C=O) groups excluding carboxylic acids is 1. The van der Waals surface area contributed by atoms with Gasteiger partial charge in [-0.1, -0.05) is 29.8 Å². The number of benzene rings is 2. The highest BCUT2D eigenvalue weighted by molar-refractivity contribution is 7.89. The van der Waals surface area contributed by atoms with E-state index in [1.807, 2.05) is 13.1 Å². The molecule has 0 spiro atoms. The fourth-order valence-electron chi connectivity index (χ4n) is 2.73. The van der Waals surface area contributed by atoms with Crippen molar-refractivity contribution in [1.29, 1.82) is 0 Å². The lowest BCUT2D eigenvalue weighted by molar-refractivity contribution is 0.102. The van der Waals surface area contributed by atoms with Crippen LogP contribution in [0.15, 0.2) is 53.4 Å². The molecule has 0 saturated carbocycles. The van der Waals surface area contributed by atoms with Gasteiger partial charge in [-0.25, -0.2) is 8.42 Å². The van der Waals surface area contributed by atoms with Gasteiger partial charge in [-0.05, 0) is 37.4 Å². The van der Waals surface area contributed by atoms with Crippen LogP contribution in [0.3, 0.4) is 0 Å². The number of likely N-dealkylation sites (N-methyl/N-ethyl adjacent to an activating group) is 1. The summed E-state index contributed by atoms with van der Waals surface area (Å²) in [7, 11) is -1.80. The Morgan fingerprint density at radius 2 is 1.69 bits per heavy atom. The van der Waals surface area contributed by atoms with Gasteiger partial charge in [0.05, 0.1) is 5.02 Å². The van der Waals surface area contributed by atoms with Crippen molar-refractivity contribution in [2.75, 3.05) is 38.5 Å². The monoisotopic (exact) mass is 393 g/mol. The van der Waals surface area contributed by atoms with E-state index in [2.05, 4.69) is 10.2 Å². The number of rotatable bonds is 4. The zero-order valence-electron chi connectivity index (χ0n) is 14.4. The minimum absolute atomic E-state index is 0.0376. The molecule has 1 saturated heterocycles. The number of amides is 1. The first-order chi connectivity index (χ1) is 12.4. The highest BCUT2D eigenvalue weighted by atomic mass is 35.5. The number of hydrogen-bond acceptors (Lipinski definition) is 4. The van der Waals surface area contributed by atoms with Gasteiger partial charge in [0.2, 0.25) is 10.0 Å². The van der Waals surface area contributed by atoms with Crippen molar-refractivity contribution in [1.82, 2.24) is 9.21 Å². The van der Waals surface area contributed by atoms with Crippen molar-refractivity contribution in [3.63, 3.8) is 0 Å². The predicted molar refractivity (Wildman–Crippen MR) is 102 cm³/mol. The number of para-hydroxylation sites is 1. The van der Waals surface area contributed by atoms with E-state index in [1.54, 1.807) is 24.3 Å². The molecule has 138 valence electrons. The summed E-state index contributed by atoms with van der Waals surface area (Å²) in [6.45, 7) is 2.11. The smallest absolute Gasteiger partial charge is 0.255 e. The van der Waals surface area contributed by atoms with Crippen LogP contribution >= 0.6 is 11.6 Å². The summed E-state index contributed by atoms with van der Waals surface area (Å²) >= 11 is 6.15. The van der Waals surface area contributed by atoms with Crippen LogP contribution in [-0.2, 0) is 10.0 Å². The average molecular weight is 394 g/mol. The largest absolute Gasteiger partial charge is 0.322 e. The first kappa shape index (κ1) is 18.8. The molecule has 1 aliphatic rings. The van der Waals surface area contributed by atoms with Crippen molar-refractivity contribution >= 4 is 33.2 Å². The molecule has 0 unspecified atom stereocenters. The van der Waals surface area contributed by atoms with Gasteiger partial charge >= 0.3 is 0 Å². The van der Waals surface area contributed by atoms with E-state index in [1.165, 1.54) is 22.5 Å². The van der Waals surface area contributed by atoms with E-state index >= 15 is 0 Å². The molecule has 1 aliphatic heterocycles. The lowest BCUT2D eigenvalue weighted by Gasteiger charge is -2.31. The van der Waals surface area contributed by atoms with Crippen molar-refractivity contribution in [3.8, 4) is 0 Å². The van der Waals surface area contributed by atoms with Crippen molar-refractivity contribution in [2.45, 2.75) is 4.90 Å². The summed E-state index contributed by atoms with van der Waals surface area (Å²) in [6, 6.07) is 13.3. The zero-order valence-corrected chi connectivity index (χ0v) is 15.9. The molecule has 0 bridgehead atoms. The van der Waals surface area contributed by atoms with Crippen LogP contribution in [0.4, 0.5) is 5.69 Å². The summed E-state index contributed by atoms with van der Waals surface area (Å²) in [4.78, 5) is 14.5. The maximum absolute atomic E-state index is 12.9. The SMILES string of the molecule is CN1CCN(S(=O)(=O)c2cc(C(=O)Nc3ccccc3)ccc2Cl)CC1. The summed E-state index contributed by atoms with van der Waals surface area (Å²) in [6.07, 6.45) is 0. The third-order valence-corrected chi connectivity index (χ3v) is 6.69. The lowest BCUT2D eigenvalue weighted by atomic mass is 10.2. The van der Waals surface area contributed by atoms with E-state index in [4.69, 9.17) is 11.6 Å². The zero-order chi connectivity index (χ0) is 18.7. The second-order valence-corrected chi connectivity index (χ2v) is 8.49. The topological polar surface area (TPSA) is 69.7 Å². The van der Waals surface area contributed by atoms with Crippen molar-refractivity contribution < 1.29 is 13.2 Å². The molecular formula is C18H20ClN3O3S. The van der Waals surface area contributed by atoms with Gasteiger partial charge < -0.3 is 10.2 Å².